The molecule has 1 aromatic rings. The predicted molar refractivity (Wildman–Crippen MR) is 92.1 cm³/mol. The number of halogens is 1. The molecule has 0 radical (unpaired) electrons. The summed E-state index contributed by atoms with van der Waals surface area (Å²) in [5, 5.41) is 2.65. The first-order chi connectivity index (χ1) is 10.8. The molecule has 0 saturated carbocycles. The molecule has 136 valence electrons. The van der Waals surface area contributed by atoms with Gasteiger partial charge in [-0.3, -0.25) is 0 Å². The fraction of sp³-hybridized carbons (Fsp3) is 0.588. The Bertz CT molecular complexity index is 651. The maximum atomic E-state index is 13.2. The van der Waals surface area contributed by atoms with Gasteiger partial charge in [-0.15, -0.1) is 3.89 Å². The van der Waals surface area contributed by atoms with Crippen molar-refractivity contribution in [3.63, 3.8) is 0 Å². The highest BCUT2D eigenvalue weighted by atomic mass is 32.3. The van der Waals surface area contributed by atoms with Gasteiger partial charge in [-0.1, -0.05) is 44.2 Å². The van der Waals surface area contributed by atoms with Gasteiger partial charge in [0.15, 0.2) is 0 Å². The van der Waals surface area contributed by atoms with E-state index in [1.165, 1.54) is 0 Å². The number of benzene rings is 1. The first-order valence-electron chi connectivity index (χ1n) is 7.74. The third-order valence-corrected chi connectivity index (χ3v) is 4.63. The summed E-state index contributed by atoms with van der Waals surface area (Å²) in [6, 6.07) is 9.12. The van der Waals surface area contributed by atoms with E-state index in [0.29, 0.717) is 0 Å². The van der Waals surface area contributed by atoms with E-state index >= 15 is 0 Å². The van der Waals surface area contributed by atoms with E-state index in [-0.39, 0.29) is 6.54 Å². The number of carbonyl (C=O) groups excluding carboxylic acids is 1. The third kappa shape index (κ3) is 7.29. The molecule has 1 N–H and O–H groups in total. The lowest BCUT2D eigenvalue weighted by atomic mass is 9.76. The zero-order chi connectivity index (χ0) is 18.6. The van der Waals surface area contributed by atoms with E-state index in [1.807, 2.05) is 30.3 Å². The molecule has 1 aromatic carbocycles. The lowest BCUT2D eigenvalue weighted by Crippen LogP contribution is -2.40. The Morgan fingerprint density at radius 3 is 2.17 bits per heavy atom. The largest absolute Gasteiger partial charge is 0.444 e. The van der Waals surface area contributed by atoms with Crippen LogP contribution in [-0.4, -0.2) is 32.4 Å². The summed E-state index contributed by atoms with van der Waals surface area (Å²) < 4.78 is 40.7. The van der Waals surface area contributed by atoms with Crippen molar-refractivity contribution in [2.75, 3.05) is 12.3 Å². The number of rotatable bonds is 6. The van der Waals surface area contributed by atoms with Crippen molar-refractivity contribution in [3.05, 3.63) is 35.9 Å². The highest BCUT2D eigenvalue weighted by Gasteiger charge is 2.36. The predicted octanol–water partition coefficient (Wildman–Crippen LogP) is 3.62. The molecule has 0 aliphatic rings. The average molecular weight is 359 g/mol. The van der Waals surface area contributed by atoms with Gasteiger partial charge in [0.1, 0.15) is 5.60 Å². The first-order valence-corrected chi connectivity index (χ1v) is 9.29. The van der Waals surface area contributed by atoms with Gasteiger partial charge in [0, 0.05) is 12.5 Å². The molecule has 0 aromatic heterocycles. The number of hydrogen-bond acceptors (Lipinski definition) is 4. The molecule has 1 rings (SSSR count). The Kier molecular flexibility index (Phi) is 6.38. The Balaban J connectivity index is 2.97. The quantitative estimate of drug-likeness (QED) is 0.788. The van der Waals surface area contributed by atoms with Gasteiger partial charge < -0.3 is 10.1 Å². The molecule has 1 atom stereocenters. The second-order valence-corrected chi connectivity index (χ2v) is 8.88. The average Bonchev–Trinajstić information content (AvgIpc) is 2.34. The number of nitrogens with one attached hydrogen (secondary N) is 1. The minimum absolute atomic E-state index is 0.140. The summed E-state index contributed by atoms with van der Waals surface area (Å²) in [5.41, 5.74) is -0.726. The molecule has 0 bridgehead atoms. The first kappa shape index (κ1) is 20.4. The summed E-state index contributed by atoms with van der Waals surface area (Å²) in [5.74, 6) is -1.02. The van der Waals surface area contributed by atoms with E-state index in [0.717, 1.165) is 5.56 Å². The minimum Gasteiger partial charge on any atom is -0.444 e. The Morgan fingerprint density at radius 2 is 1.71 bits per heavy atom. The van der Waals surface area contributed by atoms with Crippen LogP contribution in [0.3, 0.4) is 0 Å². The molecule has 0 aliphatic carbocycles. The van der Waals surface area contributed by atoms with Crippen LogP contribution < -0.4 is 5.32 Å². The number of alkyl carbamates (subject to hydrolysis) is 1. The summed E-state index contributed by atoms with van der Waals surface area (Å²) >= 11 is 0. The zero-order valence-electron chi connectivity index (χ0n) is 14.8. The third-order valence-electron chi connectivity index (χ3n) is 3.54. The molecule has 7 heteroatoms. The molecule has 0 fully saturated rings. The van der Waals surface area contributed by atoms with Crippen LogP contribution in [0.5, 0.6) is 0 Å². The summed E-state index contributed by atoms with van der Waals surface area (Å²) in [6.07, 6.45) is -0.595. The van der Waals surface area contributed by atoms with Gasteiger partial charge in [0.05, 0.1) is 5.75 Å². The Labute approximate surface area is 143 Å². The maximum Gasteiger partial charge on any atom is 0.407 e. The van der Waals surface area contributed by atoms with Gasteiger partial charge in [0.25, 0.3) is 0 Å². The highest BCUT2D eigenvalue weighted by molar-refractivity contribution is 7.86. The Hall–Kier alpha value is -1.63. The standard InChI is InChI=1S/C17H26FNO4S/c1-16(2,3)23-15(20)19-11-14(13-9-7-6-8-10-13)17(4,5)12-24(18,21)22/h6-10,14H,11-12H2,1-5H3,(H,19,20). The molecule has 1 unspecified atom stereocenters. The minimum atomic E-state index is -4.65. The number of hydrogen-bond donors (Lipinski definition) is 1. The van der Waals surface area contributed by atoms with E-state index in [9.17, 15) is 17.1 Å². The maximum absolute atomic E-state index is 13.2. The molecule has 5 nitrogen and oxygen atoms in total. The van der Waals surface area contributed by atoms with Crippen LogP contribution >= 0.6 is 0 Å². The molecule has 0 aliphatic heterocycles. The Morgan fingerprint density at radius 1 is 1.17 bits per heavy atom. The molecular formula is C17H26FNO4S. The zero-order valence-corrected chi connectivity index (χ0v) is 15.6. The van der Waals surface area contributed by atoms with Crippen LogP contribution in [0.15, 0.2) is 30.3 Å². The van der Waals surface area contributed by atoms with E-state index in [4.69, 9.17) is 4.74 Å². The van der Waals surface area contributed by atoms with Crippen molar-refractivity contribution >= 4 is 16.3 Å². The topological polar surface area (TPSA) is 72.5 Å². The van der Waals surface area contributed by atoms with Crippen molar-refractivity contribution in [1.29, 1.82) is 0 Å². The molecule has 0 heterocycles. The fourth-order valence-electron chi connectivity index (χ4n) is 2.58. The van der Waals surface area contributed by atoms with Crippen LogP contribution in [0.4, 0.5) is 8.68 Å². The normalized spacial score (nSPS) is 14.1. The second-order valence-electron chi connectivity index (χ2n) is 7.52. The van der Waals surface area contributed by atoms with Crippen LogP contribution in [0.2, 0.25) is 0 Å². The van der Waals surface area contributed by atoms with Crippen molar-refractivity contribution in [2.24, 2.45) is 5.41 Å². The van der Waals surface area contributed by atoms with Gasteiger partial charge in [-0.25, -0.2) is 4.79 Å². The number of amides is 1. The second kappa shape index (κ2) is 7.51. The smallest absolute Gasteiger partial charge is 0.407 e. The highest BCUT2D eigenvalue weighted by Crippen LogP contribution is 2.36. The molecule has 24 heavy (non-hydrogen) atoms. The number of ether oxygens (including phenoxy) is 1. The van der Waals surface area contributed by atoms with E-state index < -0.39 is 39.0 Å². The van der Waals surface area contributed by atoms with Crippen LogP contribution in [-0.2, 0) is 15.0 Å². The number of carbonyl (C=O) groups is 1. The SMILES string of the molecule is CC(C)(C)OC(=O)NCC(c1ccccc1)C(C)(C)CS(=O)(=O)F. The molecular weight excluding hydrogens is 333 g/mol. The fourth-order valence-corrected chi connectivity index (χ4v) is 3.67. The van der Waals surface area contributed by atoms with Crippen LogP contribution in [0.25, 0.3) is 0 Å². The van der Waals surface area contributed by atoms with Crippen molar-refractivity contribution in [3.8, 4) is 0 Å². The van der Waals surface area contributed by atoms with Crippen molar-refractivity contribution < 1.29 is 21.8 Å². The molecule has 1 amide bonds. The van der Waals surface area contributed by atoms with Crippen LogP contribution in [0, 0.1) is 5.41 Å². The molecule has 0 saturated heterocycles. The van der Waals surface area contributed by atoms with Crippen LogP contribution in [0.1, 0.15) is 46.1 Å². The van der Waals surface area contributed by atoms with E-state index in [2.05, 4.69) is 5.32 Å². The van der Waals surface area contributed by atoms with Gasteiger partial charge in [0.2, 0.25) is 0 Å². The monoisotopic (exact) mass is 359 g/mol. The van der Waals surface area contributed by atoms with Crippen molar-refractivity contribution in [2.45, 2.75) is 46.1 Å². The lowest BCUT2D eigenvalue weighted by molar-refractivity contribution is 0.0517. The van der Waals surface area contributed by atoms with E-state index in [1.54, 1.807) is 34.6 Å². The lowest BCUT2D eigenvalue weighted by Gasteiger charge is -2.34. The summed E-state index contributed by atoms with van der Waals surface area (Å²) in [6.45, 7) is 8.72. The van der Waals surface area contributed by atoms with Gasteiger partial charge >= 0.3 is 16.3 Å². The molecule has 0 spiro atoms. The summed E-state index contributed by atoms with van der Waals surface area (Å²) in [7, 11) is -4.65. The van der Waals surface area contributed by atoms with Gasteiger partial charge in [-0.05, 0) is 31.7 Å². The summed E-state index contributed by atoms with van der Waals surface area (Å²) in [4.78, 5) is 11.9. The van der Waals surface area contributed by atoms with Gasteiger partial charge in [-0.2, -0.15) is 8.42 Å². The van der Waals surface area contributed by atoms with Crippen molar-refractivity contribution in [1.82, 2.24) is 5.32 Å².